The number of fused-ring (bicyclic) bond motifs is 3. The van der Waals surface area contributed by atoms with Gasteiger partial charge in [-0.25, -0.2) is 4.79 Å². The molecule has 0 saturated carbocycles. The fourth-order valence-electron chi connectivity index (χ4n) is 4.41. The second-order valence-corrected chi connectivity index (χ2v) is 9.61. The molecule has 2 amide bonds. The molecule has 0 bridgehead atoms. The van der Waals surface area contributed by atoms with Crippen molar-refractivity contribution in [3.8, 4) is 11.1 Å². The van der Waals surface area contributed by atoms with Crippen molar-refractivity contribution in [3.63, 3.8) is 0 Å². The first kappa shape index (κ1) is 25.3. The highest BCUT2D eigenvalue weighted by Gasteiger charge is 2.30. The summed E-state index contributed by atoms with van der Waals surface area (Å²) in [6.07, 6.45) is -0.432. The molecule has 1 aliphatic carbocycles. The molecule has 0 aliphatic heterocycles. The molecule has 0 saturated heterocycles. The zero-order chi connectivity index (χ0) is 24.8. The van der Waals surface area contributed by atoms with Crippen LogP contribution in [0, 0.1) is 11.8 Å². The zero-order valence-corrected chi connectivity index (χ0v) is 20.2. The largest absolute Gasteiger partial charge is 0.481 e. The molecule has 3 rings (SSSR count). The number of aliphatic carboxylic acids is 1. The molecule has 3 N–H and O–H groups in total. The molecular formula is C27H34N2O5. The molecule has 0 aromatic heterocycles. The average molecular weight is 467 g/mol. The Balaban J connectivity index is 1.66. The minimum atomic E-state index is -0.982. The van der Waals surface area contributed by atoms with Gasteiger partial charge in [0.15, 0.2) is 0 Å². The maximum atomic E-state index is 12.9. The van der Waals surface area contributed by atoms with E-state index < -0.39 is 30.1 Å². The molecular weight excluding hydrogens is 432 g/mol. The summed E-state index contributed by atoms with van der Waals surface area (Å²) in [6, 6.07) is 14.8. The Bertz CT molecular complexity index is 988. The number of alkyl carbamates (subject to hydrolysis) is 1. The number of carboxylic acid groups (broad SMARTS) is 1. The van der Waals surface area contributed by atoms with E-state index >= 15 is 0 Å². The van der Waals surface area contributed by atoms with Crippen LogP contribution in [0.3, 0.4) is 0 Å². The summed E-state index contributed by atoms with van der Waals surface area (Å²) in [5.74, 6) is -1.38. The molecule has 2 atom stereocenters. The van der Waals surface area contributed by atoms with Crippen LogP contribution in [0.25, 0.3) is 11.1 Å². The van der Waals surface area contributed by atoms with Gasteiger partial charge in [-0.2, -0.15) is 0 Å². The van der Waals surface area contributed by atoms with E-state index in [1.807, 2.05) is 64.1 Å². The van der Waals surface area contributed by atoms with Crippen LogP contribution >= 0.6 is 0 Å². The zero-order valence-electron chi connectivity index (χ0n) is 20.2. The highest BCUT2D eigenvalue weighted by atomic mass is 16.5. The lowest BCUT2D eigenvalue weighted by Gasteiger charge is -2.26. The molecule has 7 heteroatoms. The monoisotopic (exact) mass is 466 g/mol. The van der Waals surface area contributed by atoms with Gasteiger partial charge < -0.3 is 20.5 Å². The first-order valence-corrected chi connectivity index (χ1v) is 11.8. The van der Waals surface area contributed by atoms with E-state index in [-0.39, 0.29) is 30.8 Å². The number of rotatable bonds is 10. The third kappa shape index (κ3) is 6.16. The van der Waals surface area contributed by atoms with E-state index in [2.05, 4.69) is 22.8 Å². The van der Waals surface area contributed by atoms with E-state index in [1.54, 1.807) is 0 Å². The summed E-state index contributed by atoms with van der Waals surface area (Å²) >= 11 is 0. The normalized spacial score (nSPS) is 14.3. The van der Waals surface area contributed by atoms with Gasteiger partial charge in [-0.15, -0.1) is 0 Å². The minimum absolute atomic E-state index is 0.0609. The van der Waals surface area contributed by atoms with Gasteiger partial charge in [0.2, 0.25) is 5.91 Å². The third-order valence-electron chi connectivity index (χ3n) is 6.19. The molecule has 0 heterocycles. The SMILES string of the molecule is CC(C)C[C@H](NC(=O)OCC1c2ccccc2-c2ccccc21)C(=O)N[C@@H](CC(=O)O)C(C)C. The Hall–Kier alpha value is -3.35. The lowest BCUT2D eigenvalue weighted by Crippen LogP contribution is -2.51. The van der Waals surface area contributed by atoms with Crippen LogP contribution in [0.15, 0.2) is 48.5 Å². The Morgan fingerprint density at radius 1 is 0.912 bits per heavy atom. The van der Waals surface area contributed by atoms with Crippen molar-refractivity contribution in [3.05, 3.63) is 59.7 Å². The van der Waals surface area contributed by atoms with Crippen molar-refractivity contribution in [1.29, 1.82) is 0 Å². The summed E-state index contributed by atoms with van der Waals surface area (Å²) in [5, 5.41) is 14.6. The summed E-state index contributed by atoms with van der Waals surface area (Å²) in [6.45, 7) is 7.77. The number of carbonyl (C=O) groups excluding carboxylic acids is 2. The van der Waals surface area contributed by atoms with Crippen LogP contribution < -0.4 is 10.6 Å². The number of carboxylic acids is 1. The van der Waals surface area contributed by atoms with E-state index in [4.69, 9.17) is 9.84 Å². The molecule has 2 aromatic rings. The predicted molar refractivity (Wildman–Crippen MR) is 130 cm³/mol. The van der Waals surface area contributed by atoms with Crippen molar-refractivity contribution in [1.82, 2.24) is 10.6 Å². The number of hydrogen-bond acceptors (Lipinski definition) is 4. The van der Waals surface area contributed by atoms with Gasteiger partial charge in [0.25, 0.3) is 0 Å². The maximum Gasteiger partial charge on any atom is 0.407 e. The molecule has 0 fully saturated rings. The predicted octanol–water partition coefficient (Wildman–Crippen LogP) is 4.56. The molecule has 0 unspecified atom stereocenters. The van der Waals surface area contributed by atoms with E-state index in [1.165, 1.54) is 0 Å². The average Bonchev–Trinajstić information content (AvgIpc) is 3.10. The van der Waals surface area contributed by atoms with Crippen LogP contribution in [0.2, 0.25) is 0 Å². The highest BCUT2D eigenvalue weighted by molar-refractivity contribution is 5.86. The summed E-state index contributed by atoms with van der Waals surface area (Å²) in [7, 11) is 0. The second kappa shape index (κ2) is 11.2. The van der Waals surface area contributed by atoms with Gasteiger partial charge in [-0.05, 0) is 40.5 Å². The van der Waals surface area contributed by atoms with Crippen LogP contribution in [-0.4, -0.2) is 41.8 Å². The van der Waals surface area contributed by atoms with Gasteiger partial charge in [0.1, 0.15) is 12.6 Å². The maximum absolute atomic E-state index is 12.9. The number of amides is 2. The van der Waals surface area contributed by atoms with Crippen molar-refractivity contribution in [2.24, 2.45) is 11.8 Å². The van der Waals surface area contributed by atoms with E-state index in [0.717, 1.165) is 22.3 Å². The van der Waals surface area contributed by atoms with Crippen LogP contribution in [-0.2, 0) is 14.3 Å². The summed E-state index contributed by atoms with van der Waals surface area (Å²) < 4.78 is 5.59. The van der Waals surface area contributed by atoms with Gasteiger partial charge in [-0.1, -0.05) is 76.2 Å². The second-order valence-electron chi connectivity index (χ2n) is 9.61. The molecule has 0 radical (unpaired) electrons. The summed E-state index contributed by atoms with van der Waals surface area (Å²) in [5.41, 5.74) is 4.51. The standard InChI is InChI=1S/C27H34N2O5/c1-16(2)13-24(26(32)28-23(17(3)4)14-25(30)31)29-27(33)34-15-22-20-11-7-5-9-18(20)19-10-6-8-12-21(19)22/h5-12,16-17,22-24H,13-15H2,1-4H3,(H,28,32)(H,29,33)(H,30,31)/t23-,24-/m0/s1. The number of carbonyl (C=O) groups is 3. The van der Waals surface area contributed by atoms with Crippen molar-refractivity contribution in [2.45, 2.75) is 58.5 Å². The molecule has 1 aliphatic rings. The minimum Gasteiger partial charge on any atom is -0.481 e. The Kier molecular flexibility index (Phi) is 8.31. The first-order valence-electron chi connectivity index (χ1n) is 11.8. The smallest absolute Gasteiger partial charge is 0.407 e. The Morgan fingerprint density at radius 2 is 1.47 bits per heavy atom. The van der Waals surface area contributed by atoms with Crippen molar-refractivity contribution < 1.29 is 24.2 Å². The Labute approximate surface area is 200 Å². The topological polar surface area (TPSA) is 105 Å². The van der Waals surface area contributed by atoms with Gasteiger partial charge in [0.05, 0.1) is 6.42 Å². The Morgan fingerprint density at radius 3 is 1.97 bits per heavy atom. The van der Waals surface area contributed by atoms with E-state index in [0.29, 0.717) is 6.42 Å². The fraction of sp³-hybridized carbons (Fsp3) is 0.444. The van der Waals surface area contributed by atoms with Crippen molar-refractivity contribution >= 4 is 18.0 Å². The van der Waals surface area contributed by atoms with Crippen LogP contribution in [0.4, 0.5) is 4.79 Å². The molecule has 2 aromatic carbocycles. The number of hydrogen-bond donors (Lipinski definition) is 3. The van der Waals surface area contributed by atoms with Crippen LogP contribution in [0.5, 0.6) is 0 Å². The molecule has 7 nitrogen and oxygen atoms in total. The van der Waals surface area contributed by atoms with Gasteiger partial charge >= 0.3 is 12.1 Å². The lowest BCUT2D eigenvalue weighted by molar-refractivity contribution is -0.138. The van der Waals surface area contributed by atoms with Crippen LogP contribution in [0.1, 0.15) is 57.6 Å². The number of benzene rings is 2. The van der Waals surface area contributed by atoms with Gasteiger partial charge in [0, 0.05) is 12.0 Å². The summed E-state index contributed by atoms with van der Waals surface area (Å²) in [4.78, 5) is 36.8. The van der Waals surface area contributed by atoms with Crippen molar-refractivity contribution in [2.75, 3.05) is 6.61 Å². The lowest BCUT2D eigenvalue weighted by atomic mass is 9.98. The van der Waals surface area contributed by atoms with E-state index in [9.17, 15) is 14.4 Å². The number of nitrogens with one attached hydrogen (secondary N) is 2. The quantitative estimate of drug-likeness (QED) is 0.476. The van der Waals surface area contributed by atoms with Gasteiger partial charge in [-0.3, -0.25) is 9.59 Å². The number of ether oxygens (including phenoxy) is 1. The third-order valence-corrected chi connectivity index (χ3v) is 6.19. The molecule has 0 spiro atoms. The molecule has 182 valence electrons. The first-order chi connectivity index (χ1) is 16.2. The fourth-order valence-corrected chi connectivity index (χ4v) is 4.41. The molecule has 34 heavy (non-hydrogen) atoms. The highest BCUT2D eigenvalue weighted by Crippen LogP contribution is 2.44.